The molecule has 0 spiro atoms. The predicted molar refractivity (Wildman–Crippen MR) is 120 cm³/mol. The standard InChI is InChI=1S/C25H23N3O4/c29-23(26-19-11-13-21(14-12-19)32-20-9-5-2-6-10-20)16-15-22-24(30)28(25(31)27-22)17-18-7-3-1-4-8-18/h1-14,22H,15-17H2,(H,26,29)(H,27,31). The van der Waals surface area contributed by atoms with E-state index in [0.717, 1.165) is 11.3 Å². The molecule has 3 aromatic rings. The molecule has 1 aliphatic rings. The molecule has 0 radical (unpaired) electrons. The van der Waals surface area contributed by atoms with Gasteiger partial charge in [-0.2, -0.15) is 0 Å². The second-order valence-corrected chi connectivity index (χ2v) is 7.44. The van der Waals surface area contributed by atoms with Crippen molar-refractivity contribution >= 4 is 23.5 Å². The normalized spacial score (nSPS) is 15.4. The summed E-state index contributed by atoms with van der Waals surface area (Å²) in [5.74, 6) is 0.847. The molecule has 1 unspecified atom stereocenters. The highest BCUT2D eigenvalue weighted by Crippen LogP contribution is 2.23. The number of imide groups is 1. The Kier molecular flexibility index (Phi) is 6.46. The molecule has 4 amide bonds. The molecule has 32 heavy (non-hydrogen) atoms. The van der Waals surface area contributed by atoms with Gasteiger partial charge in [0.15, 0.2) is 0 Å². The van der Waals surface area contributed by atoms with Crippen LogP contribution in [0.15, 0.2) is 84.9 Å². The molecule has 7 nitrogen and oxygen atoms in total. The van der Waals surface area contributed by atoms with Crippen molar-refractivity contribution in [2.75, 3.05) is 5.32 Å². The fourth-order valence-electron chi connectivity index (χ4n) is 3.42. The molecular weight excluding hydrogens is 406 g/mol. The molecule has 162 valence electrons. The number of nitrogens with one attached hydrogen (secondary N) is 2. The summed E-state index contributed by atoms with van der Waals surface area (Å²) < 4.78 is 5.73. The number of amides is 4. The lowest BCUT2D eigenvalue weighted by atomic mass is 10.1. The van der Waals surface area contributed by atoms with Gasteiger partial charge in [0.05, 0.1) is 6.54 Å². The summed E-state index contributed by atoms with van der Waals surface area (Å²) in [4.78, 5) is 38.3. The maximum absolute atomic E-state index is 12.6. The Bertz CT molecular complexity index is 1090. The highest BCUT2D eigenvalue weighted by Gasteiger charge is 2.37. The number of hydrogen-bond acceptors (Lipinski definition) is 4. The first-order valence-electron chi connectivity index (χ1n) is 10.4. The molecule has 4 rings (SSSR count). The van der Waals surface area contributed by atoms with E-state index in [1.165, 1.54) is 4.90 Å². The zero-order valence-corrected chi connectivity index (χ0v) is 17.4. The van der Waals surface area contributed by atoms with Crippen LogP contribution in [0.1, 0.15) is 18.4 Å². The topological polar surface area (TPSA) is 87.7 Å². The van der Waals surface area contributed by atoms with Crippen molar-refractivity contribution in [1.29, 1.82) is 0 Å². The average Bonchev–Trinajstić information content (AvgIpc) is 3.08. The average molecular weight is 429 g/mol. The lowest BCUT2D eigenvalue weighted by Crippen LogP contribution is -2.31. The van der Waals surface area contributed by atoms with Crippen LogP contribution < -0.4 is 15.4 Å². The lowest BCUT2D eigenvalue weighted by molar-refractivity contribution is -0.128. The van der Waals surface area contributed by atoms with Crippen molar-refractivity contribution in [3.05, 3.63) is 90.5 Å². The van der Waals surface area contributed by atoms with E-state index in [1.807, 2.05) is 60.7 Å². The van der Waals surface area contributed by atoms with Crippen LogP contribution in [0.25, 0.3) is 0 Å². The van der Waals surface area contributed by atoms with Crippen molar-refractivity contribution in [3.8, 4) is 11.5 Å². The van der Waals surface area contributed by atoms with Crippen molar-refractivity contribution < 1.29 is 19.1 Å². The molecule has 1 saturated heterocycles. The predicted octanol–water partition coefficient (Wildman–Crippen LogP) is 4.32. The van der Waals surface area contributed by atoms with Crippen molar-refractivity contribution in [2.45, 2.75) is 25.4 Å². The number of hydrogen-bond donors (Lipinski definition) is 2. The molecule has 0 aromatic heterocycles. The molecule has 3 aromatic carbocycles. The number of rotatable bonds is 8. The van der Waals surface area contributed by atoms with Gasteiger partial charge in [0.2, 0.25) is 5.91 Å². The van der Waals surface area contributed by atoms with Crippen LogP contribution in [-0.2, 0) is 16.1 Å². The number of carbonyl (C=O) groups excluding carboxylic acids is 3. The number of urea groups is 1. The Balaban J connectivity index is 1.26. The van der Waals surface area contributed by atoms with Gasteiger partial charge in [-0.3, -0.25) is 14.5 Å². The van der Waals surface area contributed by atoms with Crippen LogP contribution in [0.3, 0.4) is 0 Å². The molecule has 1 heterocycles. The minimum Gasteiger partial charge on any atom is -0.457 e. The van der Waals surface area contributed by atoms with Crippen molar-refractivity contribution in [2.24, 2.45) is 0 Å². The van der Waals surface area contributed by atoms with Crippen LogP contribution >= 0.6 is 0 Å². The summed E-state index contributed by atoms with van der Waals surface area (Å²) in [6.07, 6.45) is 0.342. The maximum atomic E-state index is 12.6. The molecule has 1 aliphatic heterocycles. The molecule has 1 fully saturated rings. The van der Waals surface area contributed by atoms with Crippen LogP contribution in [-0.4, -0.2) is 28.8 Å². The molecule has 0 aliphatic carbocycles. The number of ether oxygens (including phenoxy) is 1. The van der Waals surface area contributed by atoms with Gasteiger partial charge in [0.1, 0.15) is 17.5 Å². The van der Waals surface area contributed by atoms with Crippen molar-refractivity contribution in [1.82, 2.24) is 10.2 Å². The Morgan fingerprint density at radius 2 is 1.50 bits per heavy atom. The largest absolute Gasteiger partial charge is 0.457 e. The minimum atomic E-state index is -0.696. The SMILES string of the molecule is O=C(CCC1NC(=O)N(Cc2ccccc2)C1=O)Nc1ccc(Oc2ccccc2)cc1. The van der Waals surface area contributed by atoms with Gasteiger partial charge in [0.25, 0.3) is 5.91 Å². The third-order valence-corrected chi connectivity index (χ3v) is 5.07. The van der Waals surface area contributed by atoms with E-state index < -0.39 is 12.1 Å². The van der Waals surface area contributed by atoms with E-state index >= 15 is 0 Å². The summed E-state index contributed by atoms with van der Waals surface area (Å²) in [7, 11) is 0. The third-order valence-electron chi connectivity index (χ3n) is 5.07. The number of anilines is 1. The van der Waals surface area contributed by atoms with Crippen molar-refractivity contribution in [3.63, 3.8) is 0 Å². The lowest BCUT2D eigenvalue weighted by Gasteiger charge is -2.13. The van der Waals surface area contributed by atoms with Gasteiger partial charge in [-0.15, -0.1) is 0 Å². The van der Waals surface area contributed by atoms with Gasteiger partial charge in [-0.1, -0.05) is 48.5 Å². The smallest absolute Gasteiger partial charge is 0.325 e. The summed E-state index contributed by atoms with van der Waals surface area (Å²) in [6, 6.07) is 24.6. The fraction of sp³-hybridized carbons (Fsp3) is 0.160. The Hall–Kier alpha value is -4.13. The zero-order valence-electron chi connectivity index (χ0n) is 17.4. The van der Waals surface area contributed by atoms with Gasteiger partial charge >= 0.3 is 6.03 Å². The van der Waals surface area contributed by atoms with E-state index in [0.29, 0.717) is 11.4 Å². The van der Waals surface area contributed by atoms with Gasteiger partial charge in [0, 0.05) is 12.1 Å². The van der Waals surface area contributed by atoms with E-state index in [2.05, 4.69) is 10.6 Å². The van der Waals surface area contributed by atoms with Crippen LogP contribution in [0.4, 0.5) is 10.5 Å². The van der Waals surface area contributed by atoms with E-state index in [-0.39, 0.29) is 31.2 Å². The van der Waals surface area contributed by atoms with E-state index in [9.17, 15) is 14.4 Å². The van der Waals surface area contributed by atoms with Gasteiger partial charge in [-0.05, 0) is 48.4 Å². The molecular formula is C25H23N3O4. The molecule has 2 N–H and O–H groups in total. The number of benzene rings is 3. The van der Waals surface area contributed by atoms with E-state index in [4.69, 9.17) is 4.74 Å². The molecule has 1 atom stereocenters. The Morgan fingerprint density at radius 3 is 2.19 bits per heavy atom. The summed E-state index contributed by atoms with van der Waals surface area (Å²) >= 11 is 0. The first-order valence-corrected chi connectivity index (χ1v) is 10.4. The third kappa shape index (κ3) is 5.31. The maximum Gasteiger partial charge on any atom is 0.325 e. The minimum absolute atomic E-state index is 0.109. The summed E-state index contributed by atoms with van der Waals surface area (Å²) in [5, 5.41) is 5.47. The second-order valence-electron chi connectivity index (χ2n) is 7.44. The number of carbonyl (C=O) groups is 3. The Morgan fingerprint density at radius 1 is 0.875 bits per heavy atom. The van der Waals surface area contributed by atoms with Crippen LogP contribution in [0.5, 0.6) is 11.5 Å². The van der Waals surface area contributed by atoms with E-state index in [1.54, 1.807) is 24.3 Å². The zero-order chi connectivity index (χ0) is 22.3. The highest BCUT2D eigenvalue weighted by molar-refractivity contribution is 6.04. The number of nitrogens with zero attached hydrogens (tertiary/aromatic N) is 1. The molecule has 0 saturated carbocycles. The summed E-state index contributed by atoms with van der Waals surface area (Å²) in [6.45, 7) is 0.214. The first-order chi connectivity index (χ1) is 15.6. The quantitative estimate of drug-likeness (QED) is 0.522. The van der Waals surface area contributed by atoms with Crippen LogP contribution in [0.2, 0.25) is 0 Å². The monoisotopic (exact) mass is 429 g/mol. The first kappa shape index (κ1) is 21.1. The molecule has 7 heteroatoms. The fourth-order valence-corrected chi connectivity index (χ4v) is 3.42. The number of para-hydroxylation sites is 1. The Labute approximate surface area is 186 Å². The second kappa shape index (κ2) is 9.78. The van der Waals surface area contributed by atoms with Crippen LogP contribution in [0, 0.1) is 0 Å². The van der Waals surface area contributed by atoms with Gasteiger partial charge in [-0.25, -0.2) is 4.79 Å². The summed E-state index contributed by atoms with van der Waals surface area (Å²) in [5.41, 5.74) is 1.50. The van der Waals surface area contributed by atoms with Gasteiger partial charge < -0.3 is 15.4 Å². The highest BCUT2D eigenvalue weighted by atomic mass is 16.5. The molecule has 0 bridgehead atoms.